The highest BCUT2D eigenvalue weighted by Gasteiger charge is 2.67. The van der Waals surface area contributed by atoms with Crippen LogP contribution >= 0.6 is 0 Å². The summed E-state index contributed by atoms with van der Waals surface area (Å²) in [5.41, 5.74) is 0.289. The lowest BCUT2D eigenvalue weighted by molar-refractivity contribution is -0.228. The summed E-state index contributed by atoms with van der Waals surface area (Å²) in [7, 11) is 0. The second-order valence-corrected chi connectivity index (χ2v) is 14.6. The van der Waals surface area contributed by atoms with Gasteiger partial charge in [0.15, 0.2) is 0 Å². The van der Waals surface area contributed by atoms with Gasteiger partial charge in [-0.25, -0.2) is 9.37 Å². The van der Waals surface area contributed by atoms with E-state index in [1.165, 1.54) is 44.9 Å². The van der Waals surface area contributed by atoms with E-state index in [4.69, 9.17) is 0 Å². The van der Waals surface area contributed by atoms with Gasteiger partial charge in [-0.2, -0.15) is 0 Å². The Morgan fingerprint density at radius 3 is 2.65 bits per heavy atom. The number of aliphatic hydroxyl groups is 1. The van der Waals surface area contributed by atoms with Gasteiger partial charge in [-0.1, -0.05) is 53.9 Å². The maximum atomic E-state index is 14.9. The highest BCUT2D eigenvalue weighted by molar-refractivity contribution is 5.19. The molecule has 5 rings (SSSR count). The number of alkyl halides is 1. The molecule has 5 heteroatoms. The average molecular weight is 516 g/mol. The number of halogens is 1. The minimum absolute atomic E-state index is 0.0406. The molecule has 0 radical (unpaired) electrons. The maximum Gasteiger partial charge on any atom is 0.103 e. The third-order valence-electron chi connectivity index (χ3n) is 12.4. The fourth-order valence-electron chi connectivity index (χ4n) is 10.3. The Kier molecular flexibility index (Phi) is 7.88. The first-order valence-corrected chi connectivity index (χ1v) is 15.7. The van der Waals surface area contributed by atoms with Crippen LogP contribution in [0.4, 0.5) is 4.39 Å². The molecular formula is C32H54FN3O. The lowest BCUT2D eigenvalue weighted by Gasteiger charge is -2.66. The number of imidazole rings is 1. The number of aromatic amines is 1. The van der Waals surface area contributed by atoms with Gasteiger partial charge in [-0.05, 0) is 85.9 Å². The Morgan fingerprint density at radius 2 is 1.92 bits per heavy atom. The molecule has 1 aromatic heterocycles. The van der Waals surface area contributed by atoms with E-state index >= 15 is 0 Å². The smallest absolute Gasteiger partial charge is 0.103 e. The highest BCUT2D eigenvalue weighted by atomic mass is 19.1. The second-order valence-electron chi connectivity index (χ2n) is 14.6. The average Bonchev–Trinajstić information content (AvgIpc) is 3.48. The van der Waals surface area contributed by atoms with Gasteiger partial charge >= 0.3 is 0 Å². The van der Waals surface area contributed by atoms with Gasteiger partial charge in [-0.3, -0.25) is 0 Å². The van der Waals surface area contributed by atoms with E-state index < -0.39 is 11.8 Å². The molecule has 4 saturated carbocycles. The van der Waals surface area contributed by atoms with Crippen molar-refractivity contribution < 1.29 is 9.50 Å². The van der Waals surface area contributed by atoms with Crippen LogP contribution in [0.25, 0.3) is 0 Å². The van der Waals surface area contributed by atoms with Crippen molar-refractivity contribution in [3.05, 3.63) is 18.2 Å². The number of nitrogens with one attached hydrogen (secondary N) is 2. The number of fused-ring (bicyclic) bond motifs is 5. The van der Waals surface area contributed by atoms with Gasteiger partial charge in [0.05, 0.1) is 17.6 Å². The Morgan fingerprint density at radius 1 is 1.11 bits per heavy atom. The molecule has 37 heavy (non-hydrogen) atoms. The molecule has 0 saturated heterocycles. The number of hydrogen-bond acceptors (Lipinski definition) is 3. The summed E-state index contributed by atoms with van der Waals surface area (Å²) < 4.78 is 14.9. The van der Waals surface area contributed by atoms with Gasteiger partial charge in [0.25, 0.3) is 0 Å². The number of aromatic nitrogens is 2. The van der Waals surface area contributed by atoms with Gasteiger partial charge < -0.3 is 15.4 Å². The van der Waals surface area contributed by atoms with Crippen LogP contribution in [0.1, 0.15) is 111 Å². The van der Waals surface area contributed by atoms with Crippen molar-refractivity contribution in [3.63, 3.8) is 0 Å². The lowest BCUT2D eigenvalue weighted by Crippen LogP contribution is -2.71. The minimum atomic E-state index is -0.965. The quantitative estimate of drug-likeness (QED) is 0.329. The third kappa shape index (κ3) is 4.83. The predicted octanol–water partition coefficient (Wildman–Crippen LogP) is 7.09. The van der Waals surface area contributed by atoms with Crippen LogP contribution in [-0.4, -0.2) is 39.4 Å². The van der Waals surface area contributed by atoms with Crippen LogP contribution in [0.2, 0.25) is 0 Å². The molecule has 4 aliphatic rings. The Labute approximate surface area is 225 Å². The number of hydrogen-bond donors (Lipinski definition) is 3. The molecule has 210 valence electrons. The molecule has 1 heterocycles. The van der Waals surface area contributed by atoms with Crippen molar-refractivity contribution in [2.45, 2.75) is 129 Å². The van der Waals surface area contributed by atoms with Crippen LogP contribution in [-0.2, 0) is 6.42 Å². The van der Waals surface area contributed by atoms with Crippen LogP contribution in [0, 0.1) is 46.3 Å². The van der Waals surface area contributed by atoms with Gasteiger partial charge in [-0.15, -0.1) is 0 Å². The van der Waals surface area contributed by atoms with Gasteiger partial charge in [0.2, 0.25) is 0 Å². The van der Waals surface area contributed by atoms with E-state index in [2.05, 4.69) is 49.9 Å². The molecule has 10 atom stereocenters. The molecule has 4 nitrogen and oxygen atoms in total. The third-order valence-corrected chi connectivity index (χ3v) is 12.4. The molecule has 0 spiro atoms. The fourth-order valence-corrected chi connectivity index (χ4v) is 10.3. The van der Waals surface area contributed by atoms with Gasteiger partial charge in [0, 0.05) is 37.0 Å². The van der Waals surface area contributed by atoms with Crippen LogP contribution < -0.4 is 5.32 Å². The van der Waals surface area contributed by atoms with Crippen LogP contribution in [0.15, 0.2) is 12.5 Å². The van der Waals surface area contributed by atoms with E-state index in [1.54, 1.807) is 6.33 Å². The topological polar surface area (TPSA) is 60.9 Å². The molecule has 4 aliphatic carbocycles. The van der Waals surface area contributed by atoms with E-state index in [-0.39, 0.29) is 11.5 Å². The monoisotopic (exact) mass is 515 g/mol. The van der Waals surface area contributed by atoms with Crippen LogP contribution in [0.3, 0.4) is 0 Å². The van der Waals surface area contributed by atoms with Crippen molar-refractivity contribution in [3.8, 4) is 0 Å². The molecule has 0 amide bonds. The molecule has 1 aromatic rings. The number of rotatable bonds is 9. The molecule has 0 bridgehead atoms. The first-order valence-electron chi connectivity index (χ1n) is 15.7. The van der Waals surface area contributed by atoms with Gasteiger partial charge in [0.1, 0.15) is 6.17 Å². The molecule has 0 aliphatic heterocycles. The lowest BCUT2D eigenvalue weighted by atomic mass is 9.42. The van der Waals surface area contributed by atoms with Crippen molar-refractivity contribution in [2.75, 3.05) is 6.54 Å². The summed E-state index contributed by atoms with van der Waals surface area (Å²) in [6, 6.07) is -0.0406. The second kappa shape index (κ2) is 10.6. The fraction of sp³-hybridized carbons (Fsp3) is 0.906. The van der Waals surface area contributed by atoms with Crippen LogP contribution in [0.5, 0.6) is 0 Å². The van der Waals surface area contributed by atoms with E-state index in [0.717, 1.165) is 55.2 Å². The first-order chi connectivity index (χ1) is 17.6. The number of nitrogens with zero attached hydrogens (tertiary/aromatic N) is 1. The van der Waals surface area contributed by atoms with Crippen molar-refractivity contribution in [1.29, 1.82) is 0 Å². The zero-order valence-corrected chi connectivity index (χ0v) is 24.2. The highest BCUT2D eigenvalue weighted by Crippen LogP contribution is 2.69. The van der Waals surface area contributed by atoms with Crippen molar-refractivity contribution >= 4 is 0 Å². The van der Waals surface area contributed by atoms with Crippen molar-refractivity contribution in [1.82, 2.24) is 15.3 Å². The SMILES string of the molecule is CC(C)CCC[C@@H](C)[C@H]1CC[C@H]2[C@@H]3C[C@@H](NCCc4c[nH]cn4)[C@@]4(O)CC(F)CC[C@]4(C)[C@H]3CC[C@]12C. The van der Waals surface area contributed by atoms with E-state index in [1.807, 2.05) is 6.20 Å². The zero-order chi connectivity index (χ0) is 26.4. The van der Waals surface area contributed by atoms with E-state index in [0.29, 0.717) is 30.1 Å². The van der Waals surface area contributed by atoms with E-state index in [9.17, 15) is 9.50 Å². The Hall–Kier alpha value is -0.940. The summed E-state index contributed by atoms with van der Waals surface area (Å²) in [4.78, 5) is 7.42. The standard InChI is InChI=1S/C32H54FN3O/c1-21(2)7-6-8-22(3)26-9-10-27-25-17-29(35-16-13-24-19-34-20-36-24)32(37)18-23(33)11-15-31(32,5)28(25)12-14-30(26,27)4/h19-23,25-29,35,37H,6-18H2,1-5H3,(H,34,36)/t22-,23?,25+,26-,27+,28+,29-,30-,31-,32+/m1/s1. The maximum absolute atomic E-state index is 14.9. The summed E-state index contributed by atoms with van der Waals surface area (Å²) >= 11 is 0. The summed E-state index contributed by atoms with van der Waals surface area (Å²) in [5, 5.41) is 16.1. The number of H-pyrrole nitrogens is 1. The molecule has 3 N–H and O–H groups in total. The summed E-state index contributed by atoms with van der Waals surface area (Å²) in [6.45, 7) is 13.0. The Bertz CT molecular complexity index is 891. The predicted molar refractivity (Wildman–Crippen MR) is 149 cm³/mol. The summed E-state index contributed by atoms with van der Waals surface area (Å²) in [5.74, 6) is 4.31. The molecule has 1 unspecified atom stereocenters. The molecule has 4 fully saturated rings. The Balaban J connectivity index is 1.36. The largest absolute Gasteiger partial charge is 0.388 e. The molecule has 0 aromatic carbocycles. The first kappa shape index (κ1) is 27.6. The zero-order valence-electron chi connectivity index (χ0n) is 24.2. The van der Waals surface area contributed by atoms with Crippen molar-refractivity contribution in [2.24, 2.45) is 46.3 Å². The summed E-state index contributed by atoms with van der Waals surface area (Å²) in [6.07, 6.45) is 15.6. The minimum Gasteiger partial charge on any atom is -0.388 e. The normalized spacial score (nSPS) is 44.3. The molecular weight excluding hydrogens is 461 g/mol.